The molecule has 0 aliphatic carbocycles. The quantitative estimate of drug-likeness (QED) is 0.446. The predicted molar refractivity (Wildman–Crippen MR) is 48.1 cm³/mol. The van der Waals surface area contributed by atoms with Crippen LogP contribution < -0.4 is 0 Å². The van der Waals surface area contributed by atoms with Gasteiger partial charge in [0.05, 0.1) is 6.61 Å². The third-order valence-corrected chi connectivity index (χ3v) is 4.37. The summed E-state index contributed by atoms with van der Waals surface area (Å²) in [5, 5.41) is 0. The molecule has 0 atom stereocenters. The summed E-state index contributed by atoms with van der Waals surface area (Å²) >= 11 is 0. The maximum Gasteiger partial charge on any atom is 0.502 e. The van der Waals surface area contributed by atoms with Crippen LogP contribution in [0.15, 0.2) is 0 Å². The van der Waals surface area contributed by atoms with Crippen molar-refractivity contribution >= 4 is 8.80 Å². The highest BCUT2D eigenvalue weighted by atomic mass is 28.4. The SMILES string of the molecule is CCOCC[Si](OC)(OC)OC. The lowest BCUT2D eigenvalue weighted by atomic mass is 10.8. The summed E-state index contributed by atoms with van der Waals surface area (Å²) in [6.07, 6.45) is 0. The summed E-state index contributed by atoms with van der Waals surface area (Å²) in [6, 6.07) is 0.699. The molecule has 0 aromatic carbocycles. The second-order valence-corrected chi connectivity index (χ2v) is 5.33. The first-order valence-electron chi connectivity index (χ1n) is 3.98. The third-order valence-electron chi connectivity index (χ3n) is 1.69. The molecule has 0 spiro atoms. The van der Waals surface area contributed by atoms with Crippen molar-refractivity contribution in [2.45, 2.75) is 13.0 Å². The van der Waals surface area contributed by atoms with Crippen LogP contribution in [-0.2, 0) is 18.0 Å². The van der Waals surface area contributed by atoms with Crippen molar-refractivity contribution in [1.82, 2.24) is 0 Å². The molecule has 0 N–H and O–H groups in total. The predicted octanol–water partition coefficient (Wildman–Crippen LogP) is 0.901. The van der Waals surface area contributed by atoms with Gasteiger partial charge in [-0.3, -0.25) is 0 Å². The smallest absolute Gasteiger partial charge is 0.382 e. The van der Waals surface area contributed by atoms with Gasteiger partial charge in [0.25, 0.3) is 0 Å². The average Bonchev–Trinajstić information content (AvgIpc) is 2.14. The molecule has 0 rings (SSSR count). The maximum absolute atomic E-state index is 5.20. The van der Waals surface area contributed by atoms with Crippen LogP contribution in [0.2, 0.25) is 6.04 Å². The van der Waals surface area contributed by atoms with Crippen LogP contribution in [0, 0.1) is 0 Å². The van der Waals surface area contributed by atoms with Gasteiger partial charge >= 0.3 is 8.80 Å². The first kappa shape index (κ1) is 12.1. The van der Waals surface area contributed by atoms with Gasteiger partial charge < -0.3 is 18.0 Å². The fraction of sp³-hybridized carbons (Fsp3) is 1.00. The zero-order valence-corrected chi connectivity index (χ0v) is 9.25. The molecule has 0 saturated heterocycles. The fourth-order valence-electron chi connectivity index (χ4n) is 0.898. The Kier molecular flexibility index (Phi) is 6.59. The molecule has 5 heteroatoms. The second kappa shape index (κ2) is 6.56. The molecule has 12 heavy (non-hydrogen) atoms. The Balaban J connectivity index is 3.76. The molecule has 0 unspecified atom stereocenters. The molecule has 0 bridgehead atoms. The van der Waals surface area contributed by atoms with Gasteiger partial charge in [-0.15, -0.1) is 0 Å². The zero-order chi connectivity index (χ0) is 9.45. The van der Waals surface area contributed by atoms with Gasteiger partial charge in [-0.05, 0) is 6.92 Å². The van der Waals surface area contributed by atoms with E-state index < -0.39 is 8.80 Å². The minimum absolute atomic E-state index is 0.623. The third kappa shape index (κ3) is 3.64. The van der Waals surface area contributed by atoms with E-state index in [1.165, 1.54) is 0 Å². The standard InChI is InChI=1S/C7H18O4Si/c1-5-11-6-7-12(8-2,9-3)10-4/h5-7H2,1-4H3. The van der Waals surface area contributed by atoms with Crippen LogP contribution in [0.5, 0.6) is 0 Å². The number of ether oxygens (including phenoxy) is 1. The van der Waals surface area contributed by atoms with Gasteiger partial charge in [-0.1, -0.05) is 0 Å². The first-order valence-corrected chi connectivity index (χ1v) is 5.91. The zero-order valence-electron chi connectivity index (χ0n) is 8.25. The normalized spacial score (nSPS) is 12.0. The first-order chi connectivity index (χ1) is 5.74. The van der Waals surface area contributed by atoms with Crippen LogP contribution >= 0.6 is 0 Å². The van der Waals surface area contributed by atoms with Gasteiger partial charge in [0.2, 0.25) is 0 Å². The Morgan fingerprint density at radius 3 is 1.83 bits per heavy atom. The van der Waals surface area contributed by atoms with Gasteiger partial charge in [-0.25, -0.2) is 0 Å². The fourth-order valence-corrected chi connectivity index (χ4v) is 2.40. The lowest BCUT2D eigenvalue weighted by Gasteiger charge is -2.23. The van der Waals surface area contributed by atoms with Gasteiger partial charge in [0.15, 0.2) is 0 Å². The minimum atomic E-state index is -2.38. The molecule has 0 heterocycles. The van der Waals surface area contributed by atoms with Gasteiger partial charge in [0.1, 0.15) is 0 Å². The number of hydrogen-bond acceptors (Lipinski definition) is 4. The minimum Gasteiger partial charge on any atom is -0.382 e. The maximum atomic E-state index is 5.20. The van der Waals surface area contributed by atoms with Crippen LogP contribution in [-0.4, -0.2) is 43.3 Å². The Hall–Kier alpha value is 0.0569. The monoisotopic (exact) mass is 194 g/mol. The molecule has 0 radical (unpaired) electrons. The summed E-state index contributed by atoms with van der Waals surface area (Å²) in [5.41, 5.74) is 0. The molecular formula is C7H18O4Si. The van der Waals surface area contributed by atoms with E-state index in [2.05, 4.69) is 0 Å². The Morgan fingerprint density at radius 1 is 1.00 bits per heavy atom. The Morgan fingerprint density at radius 2 is 1.50 bits per heavy atom. The topological polar surface area (TPSA) is 36.9 Å². The summed E-state index contributed by atoms with van der Waals surface area (Å²) < 4.78 is 20.8. The molecule has 74 valence electrons. The van der Waals surface area contributed by atoms with Crippen molar-refractivity contribution in [3.8, 4) is 0 Å². The molecule has 0 aromatic rings. The molecule has 0 amide bonds. The largest absolute Gasteiger partial charge is 0.502 e. The van der Waals surface area contributed by atoms with Crippen molar-refractivity contribution in [1.29, 1.82) is 0 Å². The summed E-state index contributed by atoms with van der Waals surface area (Å²) in [4.78, 5) is 0. The van der Waals surface area contributed by atoms with Crippen LogP contribution in [0.4, 0.5) is 0 Å². The van der Waals surface area contributed by atoms with Gasteiger partial charge in [0, 0.05) is 34.0 Å². The molecule has 0 aliphatic heterocycles. The van der Waals surface area contributed by atoms with Crippen molar-refractivity contribution < 1.29 is 18.0 Å². The van der Waals surface area contributed by atoms with E-state index in [4.69, 9.17) is 18.0 Å². The van der Waals surface area contributed by atoms with Crippen LogP contribution in [0.25, 0.3) is 0 Å². The highest BCUT2D eigenvalue weighted by molar-refractivity contribution is 6.60. The number of hydrogen-bond donors (Lipinski definition) is 0. The number of rotatable bonds is 7. The summed E-state index contributed by atoms with van der Waals surface area (Å²) in [7, 11) is 2.43. The van der Waals surface area contributed by atoms with E-state index in [1.807, 2.05) is 6.92 Å². The van der Waals surface area contributed by atoms with Crippen molar-refractivity contribution in [2.75, 3.05) is 34.5 Å². The highest BCUT2D eigenvalue weighted by Gasteiger charge is 2.37. The Bertz CT molecular complexity index is 97.3. The Labute approximate surface area is 75.1 Å². The van der Waals surface area contributed by atoms with E-state index in [-0.39, 0.29) is 0 Å². The van der Waals surface area contributed by atoms with E-state index >= 15 is 0 Å². The molecule has 4 nitrogen and oxygen atoms in total. The van der Waals surface area contributed by atoms with E-state index in [0.717, 1.165) is 0 Å². The van der Waals surface area contributed by atoms with Crippen molar-refractivity contribution in [3.63, 3.8) is 0 Å². The summed E-state index contributed by atoms with van der Waals surface area (Å²) in [5.74, 6) is 0. The lowest BCUT2D eigenvalue weighted by Crippen LogP contribution is -2.43. The molecule has 0 aliphatic rings. The second-order valence-electron chi connectivity index (χ2n) is 2.24. The highest BCUT2D eigenvalue weighted by Crippen LogP contribution is 2.11. The molecule has 0 fully saturated rings. The van der Waals surface area contributed by atoms with Crippen molar-refractivity contribution in [3.05, 3.63) is 0 Å². The van der Waals surface area contributed by atoms with Crippen molar-refractivity contribution in [2.24, 2.45) is 0 Å². The average molecular weight is 194 g/mol. The van der Waals surface area contributed by atoms with Gasteiger partial charge in [-0.2, -0.15) is 0 Å². The lowest BCUT2D eigenvalue weighted by molar-refractivity contribution is 0.0994. The molecule has 0 saturated carbocycles. The van der Waals surface area contributed by atoms with E-state index in [1.54, 1.807) is 21.3 Å². The van der Waals surface area contributed by atoms with Crippen LogP contribution in [0.1, 0.15) is 6.92 Å². The molecular weight excluding hydrogens is 176 g/mol. The van der Waals surface area contributed by atoms with Crippen LogP contribution in [0.3, 0.4) is 0 Å². The van der Waals surface area contributed by atoms with E-state index in [0.29, 0.717) is 19.3 Å². The summed E-state index contributed by atoms with van der Waals surface area (Å²) in [6.45, 7) is 3.29. The molecule has 0 aromatic heterocycles. The van der Waals surface area contributed by atoms with E-state index in [9.17, 15) is 0 Å².